The Morgan fingerprint density at radius 1 is 0.955 bits per heavy atom. The summed E-state index contributed by atoms with van der Waals surface area (Å²) >= 11 is 1.56. The largest absolute Gasteiger partial charge is 0.378 e. The predicted octanol–water partition coefficient (Wildman–Crippen LogP) is 6.59. The van der Waals surface area contributed by atoms with Crippen molar-refractivity contribution < 1.29 is 9.53 Å². The Balaban J connectivity index is 1.14. The number of carbonyl (C=O) groups excluding carboxylic acids is 1. The van der Waals surface area contributed by atoms with E-state index in [9.17, 15) is 4.79 Å². The van der Waals surface area contributed by atoms with Gasteiger partial charge >= 0.3 is 0 Å². The second-order valence-corrected chi connectivity index (χ2v) is 11.6. The van der Waals surface area contributed by atoms with Crippen molar-refractivity contribution in [2.75, 3.05) is 41.8 Å². The number of ether oxygens (including phenoxy) is 1. The molecule has 0 spiro atoms. The molecular formula is C34H31N7O2S. The Hall–Kier alpha value is -5.06. The van der Waals surface area contributed by atoms with Gasteiger partial charge in [-0.1, -0.05) is 42.0 Å². The van der Waals surface area contributed by atoms with E-state index >= 15 is 0 Å². The molecule has 0 aliphatic carbocycles. The van der Waals surface area contributed by atoms with Crippen molar-refractivity contribution in [1.29, 1.82) is 0 Å². The van der Waals surface area contributed by atoms with Crippen LogP contribution in [0.1, 0.15) is 11.1 Å². The number of amides is 1. The summed E-state index contributed by atoms with van der Waals surface area (Å²) in [6.45, 7) is 5.32. The van der Waals surface area contributed by atoms with Crippen LogP contribution >= 0.6 is 11.3 Å². The van der Waals surface area contributed by atoms with Crippen molar-refractivity contribution in [3.05, 3.63) is 108 Å². The number of hydrogen-bond acceptors (Lipinski definition) is 8. The molecule has 1 aliphatic heterocycles. The number of carbonyl (C=O) groups is 1. The number of rotatable bonds is 8. The van der Waals surface area contributed by atoms with E-state index in [1.165, 1.54) is 5.69 Å². The number of nitrogens with one attached hydrogen (secondary N) is 2. The SMILES string of the molecule is Cc1cccc(CC(=O)Nc2cccc(-c3nc4sccn4c3-c3ccnc(Nc4ccc(N5CCOCC5)cc4)n3)c2)c1. The van der Waals surface area contributed by atoms with Crippen LogP contribution in [0.15, 0.2) is 96.6 Å². The molecule has 1 amide bonds. The first kappa shape index (κ1) is 27.8. The van der Waals surface area contributed by atoms with Crippen LogP contribution in [0.4, 0.5) is 23.0 Å². The first-order valence-corrected chi connectivity index (χ1v) is 15.4. The number of fused-ring (bicyclic) bond motifs is 1. The minimum Gasteiger partial charge on any atom is -0.378 e. The Labute approximate surface area is 259 Å². The first-order chi connectivity index (χ1) is 21.6. The maximum absolute atomic E-state index is 12.9. The van der Waals surface area contributed by atoms with Crippen molar-refractivity contribution in [1.82, 2.24) is 19.4 Å². The first-order valence-electron chi connectivity index (χ1n) is 14.5. The third kappa shape index (κ3) is 6.03. The summed E-state index contributed by atoms with van der Waals surface area (Å²) in [6.07, 6.45) is 4.06. The van der Waals surface area contributed by atoms with E-state index in [1.54, 1.807) is 17.5 Å². The van der Waals surface area contributed by atoms with Crippen LogP contribution in [0.3, 0.4) is 0 Å². The van der Waals surface area contributed by atoms with E-state index in [-0.39, 0.29) is 5.91 Å². The number of nitrogens with zero attached hydrogens (tertiary/aromatic N) is 5. The van der Waals surface area contributed by atoms with Crippen molar-refractivity contribution in [2.24, 2.45) is 0 Å². The fraction of sp³-hybridized carbons (Fsp3) is 0.176. The van der Waals surface area contributed by atoms with Gasteiger partial charge in [0.25, 0.3) is 0 Å². The molecule has 44 heavy (non-hydrogen) atoms. The van der Waals surface area contributed by atoms with Crippen LogP contribution < -0.4 is 15.5 Å². The van der Waals surface area contributed by atoms with Gasteiger partial charge in [-0.25, -0.2) is 15.0 Å². The van der Waals surface area contributed by atoms with Gasteiger partial charge in [0.05, 0.1) is 31.0 Å². The molecule has 6 aromatic rings. The summed E-state index contributed by atoms with van der Waals surface area (Å²) in [4.78, 5) is 30.4. The molecule has 0 unspecified atom stereocenters. The molecule has 7 rings (SSSR count). The quantitative estimate of drug-likeness (QED) is 0.203. The molecule has 0 saturated carbocycles. The zero-order valence-electron chi connectivity index (χ0n) is 24.2. The van der Waals surface area contributed by atoms with Crippen molar-refractivity contribution in [2.45, 2.75) is 13.3 Å². The van der Waals surface area contributed by atoms with Crippen LogP contribution in [0.25, 0.3) is 27.6 Å². The average Bonchev–Trinajstić information content (AvgIpc) is 3.64. The van der Waals surface area contributed by atoms with Gasteiger partial charge < -0.3 is 20.3 Å². The molecule has 2 N–H and O–H groups in total. The lowest BCUT2D eigenvalue weighted by Gasteiger charge is -2.28. The average molecular weight is 602 g/mol. The maximum Gasteiger partial charge on any atom is 0.228 e. The standard InChI is InChI=1S/C34H31N7O2S/c1-23-4-2-5-24(20-23)21-30(42)36-27-7-3-6-25(22-27)31-32(41-16-19-44-34(41)39-31)29-12-13-35-33(38-29)37-26-8-10-28(11-9-26)40-14-17-43-18-15-40/h2-13,16,19-20,22H,14-15,17-18,21H2,1H3,(H,36,42)(H,35,37,38). The smallest absolute Gasteiger partial charge is 0.228 e. The Kier molecular flexibility index (Phi) is 7.74. The minimum absolute atomic E-state index is 0.0664. The summed E-state index contributed by atoms with van der Waals surface area (Å²) in [7, 11) is 0. The lowest BCUT2D eigenvalue weighted by Crippen LogP contribution is -2.36. The molecule has 220 valence electrons. The van der Waals surface area contributed by atoms with E-state index in [0.717, 1.165) is 70.7 Å². The monoisotopic (exact) mass is 601 g/mol. The van der Waals surface area contributed by atoms with Crippen LogP contribution in [-0.2, 0) is 16.0 Å². The number of aromatic nitrogens is 4. The van der Waals surface area contributed by atoms with Crippen LogP contribution in [0.2, 0.25) is 0 Å². The lowest BCUT2D eigenvalue weighted by atomic mass is 10.1. The molecule has 0 radical (unpaired) electrons. The number of anilines is 4. The van der Waals surface area contributed by atoms with E-state index in [4.69, 9.17) is 14.7 Å². The van der Waals surface area contributed by atoms with Crippen molar-refractivity contribution in [3.8, 4) is 22.6 Å². The molecule has 9 nitrogen and oxygen atoms in total. The number of hydrogen-bond donors (Lipinski definition) is 2. The fourth-order valence-corrected chi connectivity index (χ4v) is 6.16. The molecule has 0 bridgehead atoms. The highest BCUT2D eigenvalue weighted by atomic mass is 32.1. The number of morpholine rings is 1. The number of aryl methyl sites for hydroxylation is 1. The normalized spacial score (nSPS) is 13.2. The Bertz CT molecular complexity index is 1930. The predicted molar refractivity (Wildman–Crippen MR) is 176 cm³/mol. The van der Waals surface area contributed by atoms with Gasteiger partial charge in [-0.3, -0.25) is 9.20 Å². The molecule has 3 aromatic carbocycles. The Morgan fingerprint density at radius 3 is 2.64 bits per heavy atom. The van der Waals surface area contributed by atoms with Gasteiger partial charge in [-0.05, 0) is 55.0 Å². The molecule has 3 aromatic heterocycles. The lowest BCUT2D eigenvalue weighted by molar-refractivity contribution is -0.115. The van der Waals surface area contributed by atoms with Gasteiger partial charge in [-0.15, -0.1) is 11.3 Å². The minimum atomic E-state index is -0.0664. The van der Waals surface area contributed by atoms with Gasteiger partial charge in [0.1, 0.15) is 5.69 Å². The molecule has 1 saturated heterocycles. The van der Waals surface area contributed by atoms with E-state index in [2.05, 4.69) is 32.7 Å². The van der Waals surface area contributed by atoms with Gasteiger partial charge in [0, 0.05) is 53.5 Å². The van der Waals surface area contributed by atoms with E-state index in [0.29, 0.717) is 18.1 Å². The zero-order valence-corrected chi connectivity index (χ0v) is 25.1. The summed E-state index contributed by atoms with van der Waals surface area (Å²) in [5.41, 5.74) is 8.18. The van der Waals surface area contributed by atoms with Gasteiger partial charge in [0.15, 0.2) is 4.96 Å². The molecule has 10 heteroatoms. The zero-order chi connectivity index (χ0) is 29.9. The summed E-state index contributed by atoms with van der Waals surface area (Å²) in [6, 6.07) is 26.0. The number of benzene rings is 3. The van der Waals surface area contributed by atoms with Gasteiger partial charge in [-0.2, -0.15) is 0 Å². The number of thiazole rings is 1. The van der Waals surface area contributed by atoms with E-state index in [1.807, 2.05) is 89.6 Å². The molecular weight excluding hydrogens is 570 g/mol. The summed E-state index contributed by atoms with van der Waals surface area (Å²) < 4.78 is 7.52. The highest BCUT2D eigenvalue weighted by Gasteiger charge is 2.19. The summed E-state index contributed by atoms with van der Waals surface area (Å²) in [5.74, 6) is 0.429. The topological polar surface area (TPSA) is 96.7 Å². The third-order valence-electron chi connectivity index (χ3n) is 7.53. The number of imidazole rings is 1. The van der Waals surface area contributed by atoms with Crippen molar-refractivity contribution >= 4 is 45.2 Å². The summed E-state index contributed by atoms with van der Waals surface area (Å²) in [5, 5.41) is 8.41. The molecule has 1 fully saturated rings. The highest BCUT2D eigenvalue weighted by Crippen LogP contribution is 2.35. The Morgan fingerprint density at radius 2 is 1.80 bits per heavy atom. The maximum atomic E-state index is 12.9. The van der Waals surface area contributed by atoms with Crippen LogP contribution in [0, 0.1) is 6.92 Å². The second-order valence-electron chi connectivity index (χ2n) is 10.7. The van der Waals surface area contributed by atoms with E-state index < -0.39 is 0 Å². The van der Waals surface area contributed by atoms with Crippen LogP contribution in [-0.4, -0.2) is 51.6 Å². The van der Waals surface area contributed by atoms with Crippen LogP contribution in [0.5, 0.6) is 0 Å². The highest BCUT2D eigenvalue weighted by molar-refractivity contribution is 7.15. The van der Waals surface area contributed by atoms with Crippen molar-refractivity contribution in [3.63, 3.8) is 0 Å². The third-order valence-corrected chi connectivity index (χ3v) is 8.28. The second kappa shape index (κ2) is 12.3. The fourth-order valence-electron chi connectivity index (χ4n) is 5.45. The molecule has 0 atom stereocenters. The van der Waals surface area contributed by atoms with Gasteiger partial charge in [0.2, 0.25) is 11.9 Å². The molecule has 4 heterocycles. The molecule has 1 aliphatic rings.